The summed E-state index contributed by atoms with van der Waals surface area (Å²) in [6.07, 6.45) is 0.754. The lowest BCUT2D eigenvalue weighted by atomic mass is 10.1. The lowest BCUT2D eigenvalue weighted by Crippen LogP contribution is -2.42. The summed E-state index contributed by atoms with van der Waals surface area (Å²) in [4.78, 5) is 25.0. The van der Waals surface area contributed by atoms with Crippen molar-refractivity contribution in [2.45, 2.75) is 19.4 Å². The second-order valence-electron chi connectivity index (χ2n) is 4.22. The highest BCUT2D eigenvalue weighted by molar-refractivity contribution is 5.86. The van der Waals surface area contributed by atoms with Gasteiger partial charge in [0.2, 0.25) is 5.91 Å². The van der Waals surface area contributed by atoms with E-state index in [1.807, 2.05) is 25.1 Å². The fourth-order valence-corrected chi connectivity index (χ4v) is 1.76. The third-order valence-electron chi connectivity index (χ3n) is 2.78. The Morgan fingerprint density at radius 3 is 2.47 bits per heavy atom. The molecule has 0 unspecified atom stereocenters. The zero-order valence-electron chi connectivity index (χ0n) is 11.3. The Kier molecular flexibility index (Phi) is 6.02. The van der Waals surface area contributed by atoms with Gasteiger partial charge >= 0.3 is 5.97 Å². The van der Waals surface area contributed by atoms with E-state index in [4.69, 9.17) is 5.73 Å². The van der Waals surface area contributed by atoms with E-state index in [1.54, 1.807) is 12.1 Å². The van der Waals surface area contributed by atoms with Crippen LogP contribution in [0.3, 0.4) is 0 Å². The van der Waals surface area contributed by atoms with Gasteiger partial charge in [0.05, 0.1) is 7.11 Å². The maximum Gasteiger partial charge on any atom is 0.325 e. The van der Waals surface area contributed by atoms with Crippen molar-refractivity contribution in [2.24, 2.45) is 5.73 Å². The monoisotopic (exact) mass is 264 g/mol. The van der Waals surface area contributed by atoms with Crippen LogP contribution < -0.4 is 5.73 Å². The first-order chi connectivity index (χ1) is 9.10. The average molecular weight is 264 g/mol. The Morgan fingerprint density at radius 1 is 1.32 bits per heavy atom. The van der Waals surface area contributed by atoms with Crippen molar-refractivity contribution in [1.82, 2.24) is 4.90 Å². The predicted molar refractivity (Wildman–Crippen MR) is 72.3 cm³/mol. The molecule has 0 heterocycles. The molecule has 0 saturated carbocycles. The number of esters is 1. The van der Waals surface area contributed by atoms with Crippen LogP contribution in [0, 0.1) is 0 Å². The minimum atomic E-state index is -0.752. The summed E-state index contributed by atoms with van der Waals surface area (Å²) >= 11 is 0. The van der Waals surface area contributed by atoms with Crippen molar-refractivity contribution in [2.75, 3.05) is 20.2 Å². The fourth-order valence-electron chi connectivity index (χ4n) is 1.76. The molecule has 0 saturated heterocycles. The number of carbonyl (C=O) groups excluding carboxylic acids is 2. The Bertz CT molecular complexity index is 420. The van der Waals surface area contributed by atoms with Gasteiger partial charge in [0.25, 0.3) is 0 Å². The summed E-state index contributed by atoms with van der Waals surface area (Å²) in [6, 6.07) is 8.35. The Labute approximate surface area is 113 Å². The zero-order chi connectivity index (χ0) is 14.3. The maximum atomic E-state index is 12.3. The molecule has 1 amide bonds. The van der Waals surface area contributed by atoms with E-state index in [0.29, 0.717) is 6.54 Å². The maximum absolute atomic E-state index is 12.3. The third kappa shape index (κ3) is 4.37. The van der Waals surface area contributed by atoms with Gasteiger partial charge in [0, 0.05) is 6.54 Å². The molecule has 0 fully saturated rings. The molecule has 5 heteroatoms. The van der Waals surface area contributed by atoms with E-state index < -0.39 is 12.0 Å². The Hall–Kier alpha value is -1.88. The predicted octanol–water partition coefficient (Wildman–Crippen LogP) is 1.10. The van der Waals surface area contributed by atoms with Crippen molar-refractivity contribution in [3.05, 3.63) is 35.9 Å². The van der Waals surface area contributed by atoms with E-state index in [0.717, 1.165) is 12.0 Å². The van der Waals surface area contributed by atoms with Crippen LogP contribution in [0.2, 0.25) is 0 Å². The molecule has 0 radical (unpaired) electrons. The van der Waals surface area contributed by atoms with Gasteiger partial charge in [-0.05, 0) is 12.0 Å². The second-order valence-corrected chi connectivity index (χ2v) is 4.22. The Balaban J connectivity index is 2.78. The number of rotatable bonds is 6. The minimum absolute atomic E-state index is 0.0658. The van der Waals surface area contributed by atoms with Crippen LogP contribution in [-0.4, -0.2) is 37.0 Å². The molecule has 5 nitrogen and oxygen atoms in total. The molecule has 1 aromatic carbocycles. The van der Waals surface area contributed by atoms with Gasteiger partial charge < -0.3 is 15.4 Å². The van der Waals surface area contributed by atoms with Gasteiger partial charge in [0.1, 0.15) is 12.6 Å². The molecule has 0 aliphatic heterocycles. The van der Waals surface area contributed by atoms with Gasteiger partial charge in [-0.25, -0.2) is 0 Å². The molecular formula is C14H20N2O3. The number of nitrogens with zero attached hydrogens (tertiary/aromatic N) is 1. The van der Waals surface area contributed by atoms with E-state index in [1.165, 1.54) is 12.0 Å². The van der Waals surface area contributed by atoms with E-state index in [-0.39, 0.29) is 12.5 Å². The summed E-state index contributed by atoms with van der Waals surface area (Å²) in [5.41, 5.74) is 6.68. The van der Waals surface area contributed by atoms with Crippen LogP contribution in [0.25, 0.3) is 0 Å². The van der Waals surface area contributed by atoms with E-state index in [9.17, 15) is 9.59 Å². The first-order valence-electron chi connectivity index (χ1n) is 6.26. The molecule has 2 N–H and O–H groups in total. The molecule has 0 bridgehead atoms. The number of hydrogen-bond donors (Lipinski definition) is 1. The molecule has 0 aromatic heterocycles. The molecule has 19 heavy (non-hydrogen) atoms. The molecule has 0 spiro atoms. The quantitative estimate of drug-likeness (QED) is 0.781. The third-order valence-corrected chi connectivity index (χ3v) is 2.78. The number of carbonyl (C=O) groups is 2. The summed E-state index contributed by atoms with van der Waals surface area (Å²) in [5, 5.41) is 0. The lowest BCUT2D eigenvalue weighted by Gasteiger charge is -2.24. The van der Waals surface area contributed by atoms with Gasteiger partial charge in [0.15, 0.2) is 0 Å². The Morgan fingerprint density at radius 2 is 1.95 bits per heavy atom. The highest BCUT2D eigenvalue weighted by Gasteiger charge is 2.23. The molecule has 0 aliphatic carbocycles. The minimum Gasteiger partial charge on any atom is -0.468 e. The molecule has 0 aliphatic rings. The largest absolute Gasteiger partial charge is 0.468 e. The molecule has 1 atom stereocenters. The van der Waals surface area contributed by atoms with Gasteiger partial charge in [-0.15, -0.1) is 0 Å². The van der Waals surface area contributed by atoms with Crippen LogP contribution in [0.15, 0.2) is 30.3 Å². The molecular weight excluding hydrogens is 244 g/mol. The highest BCUT2D eigenvalue weighted by atomic mass is 16.5. The topological polar surface area (TPSA) is 72.6 Å². The second kappa shape index (κ2) is 7.53. The van der Waals surface area contributed by atoms with Crippen LogP contribution in [0.5, 0.6) is 0 Å². The van der Waals surface area contributed by atoms with Crippen LogP contribution >= 0.6 is 0 Å². The summed E-state index contributed by atoms with van der Waals surface area (Å²) in [6.45, 7) is 2.35. The van der Waals surface area contributed by atoms with Crippen molar-refractivity contribution in [3.63, 3.8) is 0 Å². The summed E-state index contributed by atoms with van der Waals surface area (Å²) in [5.74, 6) is -0.708. The van der Waals surface area contributed by atoms with Crippen molar-refractivity contribution in [1.29, 1.82) is 0 Å². The van der Waals surface area contributed by atoms with Crippen LogP contribution in [-0.2, 0) is 14.3 Å². The zero-order valence-corrected chi connectivity index (χ0v) is 11.3. The molecule has 104 valence electrons. The first kappa shape index (κ1) is 15.2. The smallest absolute Gasteiger partial charge is 0.325 e. The number of benzene rings is 1. The SMILES string of the molecule is CCCN(CC(=O)OC)C(=O)[C@@H](N)c1ccccc1. The van der Waals surface area contributed by atoms with E-state index in [2.05, 4.69) is 4.74 Å². The average Bonchev–Trinajstić information content (AvgIpc) is 2.46. The molecule has 1 rings (SSSR count). The number of methoxy groups -OCH3 is 1. The van der Waals surface area contributed by atoms with Gasteiger partial charge in [-0.1, -0.05) is 37.3 Å². The number of ether oxygens (including phenoxy) is 1. The normalized spacial score (nSPS) is 11.7. The fraction of sp³-hybridized carbons (Fsp3) is 0.429. The highest BCUT2D eigenvalue weighted by Crippen LogP contribution is 2.13. The van der Waals surface area contributed by atoms with Crippen molar-refractivity contribution >= 4 is 11.9 Å². The van der Waals surface area contributed by atoms with Gasteiger partial charge in [-0.2, -0.15) is 0 Å². The van der Waals surface area contributed by atoms with Gasteiger partial charge in [-0.3, -0.25) is 9.59 Å². The van der Waals surface area contributed by atoms with Crippen molar-refractivity contribution < 1.29 is 14.3 Å². The standard InChI is InChI=1S/C14H20N2O3/c1-3-9-16(10-12(17)19-2)14(18)13(15)11-7-5-4-6-8-11/h4-8,13H,3,9-10,15H2,1-2H3/t13-/m0/s1. The summed E-state index contributed by atoms with van der Waals surface area (Å²) < 4.78 is 4.59. The van der Waals surface area contributed by atoms with Crippen molar-refractivity contribution in [3.8, 4) is 0 Å². The summed E-state index contributed by atoms with van der Waals surface area (Å²) in [7, 11) is 1.30. The van der Waals surface area contributed by atoms with Crippen LogP contribution in [0.4, 0.5) is 0 Å². The van der Waals surface area contributed by atoms with Crippen LogP contribution in [0.1, 0.15) is 24.9 Å². The van der Waals surface area contributed by atoms with E-state index >= 15 is 0 Å². The number of amides is 1. The number of hydrogen-bond acceptors (Lipinski definition) is 4. The first-order valence-corrected chi connectivity index (χ1v) is 6.26. The number of nitrogens with two attached hydrogens (primary N) is 1. The molecule has 1 aromatic rings. The lowest BCUT2D eigenvalue weighted by molar-refractivity contribution is -0.147.